The van der Waals surface area contributed by atoms with Crippen LogP contribution in [0.2, 0.25) is 5.02 Å². The molecule has 1 aliphatic heterocycles. The predicted octanol–water partition coefficient (Wildman–Crippen LogP) is 3.44. The monoisotopic (exact) mass is 363 g/mol. The van der Waals surface area contributed by atoms with Gasteiger partial charge in [-0.15, -0.1) is 0 Å². The van der Waals surface area contributed by atoms with Crippen molar-refractivity contribution < 1.29 is 13.9 Å². The number of aryl methyl sites for hydroxylation is 1. The average molecular weight is 364 g/mol. The third-order valence-electron chi connectivity index (χ3n) is 4.11. The summed E-state index contributed by atoms with van der Waals surface area (Å²) in [7, 11) is 0. The van der Waals surface area contributed by atoms with Crippen molar-refractivity contribution in [2.75, 3.05) is 38.2 Å². The molecule has 1 atom stereocenters. The summed E-state index contributed by atoms with van der Waals surface area (Å²) in [6.07, 6.45) is 0. The zero-order valence-electron chi connectivity index (χ0n) is 14.1. The van der Waals surface area contributed by atoms with Crippen LogP contribution in [0.5, 0.6) is 0 Å². The van der Waals surface area contributed by atoms with Crippen molar-refractivity contribution in [3.8, 4) is 0 Å². The molecule has 0 radical (unpaired) electrons. The minimum Gasteiger partial charge on any atom is -0.465 e. The maximum Gasteiger partial charge on any atom is 0.319 e. The molecule has 25 heavy (non-hydrogen) atoms. The van der Waals surface area contributed by atoms with Gasteiger partial charge in [0.15, 0.2) is 0 Å². The molecule has 0 bridgehead atoms. The van der Waals surface area contributed by atoms with Gasteiger partial charge in [0, 0.05) is 30.3 Å². The van der Waals surface area contributed by atoms with Crippen molar-refractivity contribution in [1.82, 2.24) is 10.2 Å². The number of furan rings is 1. The number of halogens is 1. The van der Waals surface area contributed by atoms with Crippen LogP contribution in [0, 0.1) is 6.92 Å². The van der Waals surface area contributed by atoms with E-state index in [1.807, 2.05) is 19.1 Å². The lowest BCUT2D eigenvalue weighted by Gasteiger charge is -2.33. The zero-order valence-corrected chi connectivity index (χ0v) is 14.9. The Hall–Kier alpha value is -2.02. The van der Waals surface area contributed by atoms with Crippen molar-refractivity contribution in [2.45, 2.75) is 13.0 Å². The number of rotatable bonds is 5. The van der Waals surface area contributed by atoms with Crippen LogP contribution in [0.3, 0.4) is 0 Å². The number of carbonyl (C=O) groups is 1. The molecule has 2 N–H and O–H groups in total. The molecule has 6 nitrogen and oxygen atoms in total. The Balaban J connectivity index is 1.62. The number of morpholine rings is 1. The Bertz CT molecular complexity index is 713. The minimum absolute atomic E-state index is 0.0253. The Labute approximate surface area is 152 Å². The fraction of sp³-hybridized carbons (Fsp3) is 0.389. The zero-order chi connectivity index (χ0) is 17.6. The van der Waals surface area contributed by atoms with Crippen molar-refractivity contribution in [3.05, 3.63) is 52.9 Å². The molecule has 7 heteroatoms. The van der Waals surface area contributed by atoms with Crippen LogP contribution in [0.1, 0.15) is 17.6 Å². The molecule has 2 amide bonds. The standard InChI is InChI=1S/C18H22ClN3O3/c1-13-5-6-17(25-13)16(22-7-9-24-10-8-22)12-20-18(23)21-15-4-2-3-14(19)11-15/h2-6,11,16H,7-10,12H2,1H3,(H2,20,21,23)/t16-/m0/s1. The Morgan fingerprint density at radius 1 is 1.28 bits per heavy atom. The molecule has 1 fully saturated rings. The van der Waals surface area contributed by atoms with Gasteiger partial charge in [-0.25, -0.2) is 4.79 Å². The molecule has 0 aliphatic carbocycles. The topological polar surface area (TPSA) is 66.7 Å². The van der Waals surface area contributed by atoms with E-state index in [1.165, 1.54) is 0 Å². The van der Waals surface area contributed by atoms with E-state index in [2.05, 4.69) is 15.5 Å². The molecule has 1 aromatic heterocycles. The second-order valence-electron chi connectivity index (χ2n) is 5.96. The van der Waals surface area contributed by atoms with Crippen LogP contribution in [-0.2, 0) is 4.74 Å². The Kier molecular flexibility index (Phi) is 5.96. The van der Waals surface area contributed by atoms with E-state index in [-0.39, 0.29) is 12.1 Å². The molecule has 2 heterocycles. The molecule has 0 unspecified atom stereocenters. The van der Waals surface area contributed by atoms with Gasteiger partial charge in [0.2, 0.25) is 0 Å². The quantitative estimate of drug-likeness (QED) is 0.854. The van der Waals surface area contributed by atoms with Crippen LogP contribution in [0.25, 0.3) is 0 Å². The van der Waals surface area contributed by atoms with Gasteiger partial charge in [-0.1, -0.05) is 17.7 Å². The van der Waals surface area contributed by atoms with Crippen LogP contribution >= 0.6 is 11.6 Å². The smallest absolute Gasteiger partial charge is 0.319 e. The van der Waals surface area contributed by atoms with Gasteiger partial charge < -0.3 is 19.8 Å². The second-order valence-corrected chi connectivity index (χ2v) is 6.39. The van der Waals surface area contributed by atoms with E-state index in [0.29, 0.717) is 30.5 Å². The average Bonchev–Trinajstić information content (AvgIpc) is 3.02. The highest BCUT2D eigenvalue weighted by molar-refractivity contribution is 6.30. The molecule has 1 saturated heterocycles. The molecule has 0 spiro atoms. The minimum atomic E-state index is -0.274. The SMILES string of the molecule is Cc1ccc([C@H](CNC(=O)Nc2cccc(Cl)c2)N2CCOCC2)o1. The number of hydrogen-bond acceptors (Lipinski definition) is 4. The van der Waals surface area contributed by atoms with E-state index in [0.717, 1.165) is 24.6 Å². The van der Waals surface area contributed by atoms with E-state index >= 15 is 0 Å². The van der Waals surface area contributed by atoms with E-state index in [1.54, 1.807) is 24.3 Å². The largest absolute Gasteiger partial charge is 0.465 e. The molecule has 2 aromatic rings. The number of nitrogens with one attached hydrogen (secondary N) is 2. The fourth-order valence-corrected chi connectivity index (χ4v) is 3.05. The molecule has 0 saturated carbocycles. The lowest BCUT2D eigenvalue weighted by Crippen LogP contribution is -2.44. The van der Waals surface area contributed by atoms with Crippen LogP contribution in [0.15, 0.2) is 40.8 Å². The van der Waals surface area contributed by atoms with E-state index < -0.39 is 0 Å². The molecule has 1 aliphatic rings. The number of anilines is 1. The lowest BCUT2D eigenvalue weighted by atomic mass is 10.1. The second kappa shape index (κ2) is 8.38. The van der Waals surface area contributed by atoms with E-state index in [9.17, 15) is 4.79 Å². The number of urea groups is 1. The number of ether oxygens (including phenoxy) is 1. The van der Waals surface area contributed by atoms with Crippen molar-refractivity contribution in [1.29, 1.82) is 0 Å². The summed E-state index contributed by atoms with van der Waals surface area (Å²) in [5.41, 5.74) is 0.654. The van der Waals surface area contributed by atoms with Gasteiger partial charge in [-0.2, -0.15) is 0 Å². The van der Waals surface area contributed by atoms with Crippen molar-refractivity contribution in [2.24, 2.45) is 0 Å². The van der Waals surface area contributed by atoms with Crippen LogP contribution in [-0.4, -0.2) is 43.8 Å². The summed E-state index contributed by atoms with van der Waals surface area (Å²) in [5, 5.41) is 6.29. The highest BCUT2D eigenvalue weighted by Gasteiger charge is 2.25. The summed E-state index contributed by atoms with van der Waals surface area (Å²) in [6, 6.07) is 10.7. The van der Waals surface area contributed by atoms with Crippen LogP contribution < -0.4 is 10.6 Å². The van der Waals surface area contributed by atoms with Gasteiger partial charge in [0.05, 0.1) is 19.3 Å². The summed E-state index contributed by atoms with van der Waals surface area (Å²) in [5.74, 6) is 1.71. The molecule has 3 rings (SSSR count). The fourth-order valence-electron chi connectivity index (χ4n) is 2.86. The summed E-state index contributed by atoms with van der Waals surface area (Å²) in [6.45, 7) is 5.35. The summed E-state index contributed by atoms with van der Waals surface area (Å²) >= 11 is 5.94. The van der Waals surface area contributed by atoms with Gasteiger partial charge in [-0.05, 0) is 37.3 Å². The molecule has 1 aromatic carbocycles. The first-order valence-corrected chi connectivity index (χ1v) is 8.68. The molecular weight excluding hydrogens is 342 g/mol. The summed E-state index contributed by atoms with van der Waals surface area (Å²) < 4.78 is 11.2. The molecule has 134 valence electrons. The van der Waals surface area contributed by atoms with Crippen LogP contribution in [0.4, 0.5) is 10.5 Å². The van der Waals surface area contributed by atoms with Gasteiger partial charge in [0.1, 0.15) is 11.5 Å². The normalized spacial score (nSPS) is 16.4. The third-order valence-corrected chi connectivity index (χ3v) is 4.35. The lowest BCUT2D eigenvalue weighted by molar-refractivity contribution is 0.0122. The highest BCUT2D eigenvalue weighted by Crippen LogP contribution is 2.23. The number of benzene rings is 1. The van der Waals surface area contributed by atoms with Gasteiger partial charge in [0.25, 0.3) is 0 Å². The number of hydrogen-bond donors (Lipinski definition) is 2. The Morgan fingerprint density at radius 3 is 2.76 bits per heavy atom. The van der Waals surface area contributed by atoms with Crippen molar-refractivity contribution in [3.63, 3.8) is 0 Å². The number of nitrogens with zero attached hydrogens (tertiary/aromatic N) is 1. The first-order chi connectivity index (χ1) is 12.1. The highest BCUT2D eigenvalue weighted by atomic mass is 35.5. The van der Waals surface area contributed by atoms with Crippen molar-refractivity contribution >= 4 is 23.3 Å². The predicted molar refractivity (Wildman–Crippen MR) is 97.1 cm³/mol. The summed E-state index contributed by atoms with van der Waals surface area (Å²) in [4.78, 5) is 14.5. The first-order valence-electron chi connectivity index (χ1n) is 8.30. The maximum absolute atomic E-state index is 12.2. The third kappa shape index (κ3) is 4.98. The Morgan fingerprint density at radius 2 is 2.08 bits per heavy atom. The van der Waals surface area contributed by atoms with Gasteiger partial charge in [-0.3, -0.25) is 4.90 Å². The maximum atomic E-state index is 12.2. The number of carbonyl (C=O) groups excluding carboxylic acids is 1. The van der Waals surface area contributed by atoms with Gasteiger partial charge >= 0.3 is 6.03 Å². The number of amides is 2. The first kappa shape index (κ1) is 17.8. The van der Waals surface area contributed by atoms with E-state index in [4.69, 9.17) is 20.8 Å². The molecular formula is C18H22ClN3O3.